The van der Waals surface area contributed by atoms with Crippen molar-refractivity contribution in [1.82, 2.24) is 14.7 Å². The van der Waals surface area contributed by atoms with Crippen molar-refractivity contribution in [2.75, 3.05) is 25.0 Å². The van der Waals surface area contributed by atoms with E-state index in [1.165, 1.54) is 11.5 Å². The molecule has 0 aliphatic rings. The summed E-state index contributed by atoms with van der Waals surface area (Å²) in [4.78, 5) is 18.0. The summed E-state index contributed by atoms with van der Waals surface area (Å²) < 4.78 is 4.35. The van der Waals surface area contributed by atoms with E-state index in [1.807, 2.05) is 43.1 Å². The summed E-state index contributed by atoms with van der Waals surface area (Å²) in [5.41, 5.74) is 1.11. The number of aromatic nitrogens is 2. The molecule has 0 saturated heterocycles. The van der Waals surface area contributed by atoms with E-state index in [4.69, 9.17) is 11.6 Å². The molecular weight excluding hydrogens is 320 g/mol. The van der Waals surface area contributed by atoms with E-state index in [9.17, 15) is 4.79 Å². The highest BCUT2D eigenvalue weighted by Gasteiger charge is 2.12. The van der Waals surface area contributed by atoms with Gasteiger partial charge in [0, 0.05) is 36.6 Å². The monoisotopic (exact) mass is 338 g/mol. The van der Waals surface area contributed by atoms with Gasteiger partial charge in [-0.2, -0.15) is 4.37 Å². The molecule has 118 valence electrons. The normalized spacial score (nSPS) is 10.5. The fourth-order valence-electron chi connectivity index (χ4n) is 1.86. The Morgan fingerprint density at radius 2 is 2.09 bits per heavy atom. The van der Waals surface area contributed by atoms with Crippen LogP contribution < -0.4 is 10.2 Å². The molecular formula is C15H19ClN4OS. The lowest BCUT2D eigenvalue weighted by molar-refractivity contribution is -0.119. The zero-order chi connectivity index (χ0) is 15.9. The Bertz CT molecular complexity index is 614. The second-order valence-electron chi connectivity index (χ2n) is 5.00. The van der Waals surface area contributed by atoms with Gasteiger partial charge < -0.3 is 10.2 Å². The van der Waals surface area contributed by atoms with Gasteiger partial charge in [0.15, 0.2) is 0 Å². The van der Waals surface area contributed by atoms with Crippen molar-refractivity contribution in [3.8, 4) is 0 Å². The molecule has 0 bridgehead atoms. The lowest BCUT2D eigenvalue weighted by atomic mass is 10.1. The van der Waals surface area contributed by atoms with Gasteiger partial charge in [-0.25, -0.2) is 4.98 Å². The van der Waals surface area contributed by atoms with Crippen molar-refractivity contribution in [2.24, 2.45) is 0 Å². The Kier molecular flexibility index (Phi) is 6.15. The van der Waals surface area contributed by atoms with Gasteiger partial charge in [-0.1, -0.05) is 30.7 Å². The van der Waals surface area contributed by atoms with Crippen LogP contribution in [0.5, 0.6) is 0 Å². The van der Waals surface area contributed by atoms with Crippen LogP contribution in [0.15, 0.2) is 24.3 Å². The van der Waals surface area contributed by atoms with Crippen LogP contribution in [-0.2, 0) is 11.2 Å². The van der Waals surface area contributed by atoms with Gasteiger partial charge in [-0.15, -0.1) is 0 Å². The van der Waals surface area contributed by atoms with Gasteiger partial charge in [-0.05, 0) is 24.1 Å². The Labute approximate surface area is 139 Å². The molecule has 0 aliphatic carbocycles. The summed E-state index contributed by atoms with van der Waals surface area (Å²) in [6.45, 7) is 3.01. The minimum absolute atomic E-state index is 0.00111. The van der Waals surface area contributed by atoms with Crippen LogP contribution in [0.25, 0.3) is 0 Å². The van der Waals surface area contributed by atoms with Crippen molar-refractivity contribution < 1.29 is 4.79 Å². The van der Waals surface area contributed by atoms with E-state index < -0.39 is 0 Å². The fraction of sp³-hybridized carbons (Fsp3) is 0.400. The molecule has 1 aromatic carbocycles. The number of hydrogen-bond acceptors (Lipinski definition) is 5. The largest absolute Gasteiger partial charge is 0.355 e. The number of anilines is 1. The van der Waals surface area contributed by atoms with Crippen molar-refractivity contribution in [2.45, 2.75) is 19.8 Å². The lowest BCUT2D eigenvalue weighted by Gasteiger charge is -2.14. The van der Waals surface area contributed by atoms with Gasteiger partial charge >= 0.3 is 0 Å². The second kappa shape index (κ2) is 8.10. The number of amides is 1. The SMILES string of the molecule is CCCNC(=O)CN(C)c1nc(Cc2ccc(Cl)cc2)ns1. The molecule has 2 rings (SSSR count). The van der Waals surface area contributed by atoms with Crippen LogP contribution in [0.4, 0.5) is 5.13 Å². The fourth-order valence-corrected chi connectivity index (χ4v) is 2.63. The van der Waals surface area contributed by atoms with Crippen molar-refractivity contribution >= 4 is 34.2 Å². The number of nitrogens with zero attached hydrogens (tertiary/aromatic N) is 3. The Balaban J connectivity index is 1.92. The van der Waals surface area contributed by atoms with Crippen LogP contribution in [0.1, 0.15) is 24.7 Å². The van der Waals surface area contributed by atoms with Crippen LogP contribution in [0.3, 0.4) is 0 Å². The topological polar surface area (TPSA) is 58.1 Å². The Morgan fingerprint density at radius 3 is 2.77 bits per heavy atom. The number of rotatable bonds is 7. The first-order chi connectivity index (χ1) is 10.6. The van der Waals surface area contributed by atoms with Crippen LogP contribution in [0.2, 0.25) is 5.02 Å². The summed E-state index contributed by atoms with van der Waals surface area (Å²) in [6, 6.07) is 7.64. The Hall–Kier alpha value is -1.66. The van der Waals surface area contributed by atoms with E-state index in [0.717, 1.165) is 22.9 Å². The number of carbonyl (C=O) groups excluding carboxylic acids is 1. The van der Waals surface area contributed by atoms with Crippen molar-refractivity contribution in [3.63, 3.8) is 0 Å². The van der Waals surface area contributed by atoms with Gasteiger partial charge in [0.25, 0.3) is 0 Å². The average molecular weight is 339 g/mol. The quantitative estimate of drug-likeness (QED) is 0.843. The van der Waals surface area contributed by atoms with E-state index in [-0.39, 0.29) is 12.5 Å². The standard InChI is InChI=1S/C15H19ClN4OS/c1-3-8-17-14(21)10-20(2)15-18-13(19-22-15)9-11-4-6-12(16)7-5-11/h4-7H,3,8-10H2,1-2H3,(H,17,21). The van der Waals surface area contributed by atoms with Crippen LogP contribution >= 0.6 is 23.1 Å². The highest BCUT2D eigenvalue weighted by Crippen LogP contribution is 2.18. The number of hydrogen-bond donors (Lipinski definition) is 1. The average Bonchev–Trinajstić information content (AvgIpc) is 2.96. The van der Waals surface area contributed by atoms with Gasteiger partial charge in [0.05, 0.1) is 6.54 Å². The van der Waals surface area contributed by atoms with E-state index in [2.05, 4.69) is 14.7 Å². The molecule has 22 heavy (non-hydrogen) atoms. The zero-order valence-corrected chi connectivity index (χ0v) is 14.2. The molecule has 7 heteroatoms. The maximum atomic E-state index is 11.7. The van der Waals surface area contributed by atoms with Crippen molar-refractivity contribution in [1.29, 1.82) is 0 Å². The first kappa shape index (κ1) is 16.7. The van der Waals surface area contributed by atoms with Gasteiger partial charge in [0.2, 0.25) is 11.0 Å². The molecule has 0 spiro atoms. The molecule has 0 unspecified atom stereocenters. The number of likely N-dealkylation sites (N-methyl/N-ethyl adjacent to an activating group) is 1. The highest BCUT2D eigenvalue weighted by molar-refractivity contribution is 7.09. The molecule has 0 saturated carbocycles. The molecule has 0 atom stereocenters. The summed E-state index contributed by atoms with van der Waals surface area (Å²) in [5.74, 6) is 0.752. The molecule has 1 aromatic heterocycles. The summed E-state index contributed by atoms with van der Waals surface area (Å²) in [7, 11) is 1.85. The Morgan fingerprint density at radius 1 is 1.36 bits per heavy atom. The third-order valence-electron chi connectivity index (χ3n) is 3.01. The molecule has 1 heterocycles. The number of halogens is 1. The van der Waals surface area contributed by atoms with Crippen LogP contribution in [0, 0.1) is 0 Å². The molecule has 0 aliphatic heterocycles. The minimum Gasteiger partial charge on any atom is -0.355 e. The number of carbonyl (C=O) groups is 1. The summed E-state index contributed by atoms with van der Waals surface area (Å²) in [6.07, 6.45) is 1.59. The van der Waals surface area contributed by atoms with Gasteiger partial charge in [-0.3, -0.25) is 4.79 Å². The lowest BCUT2D eigenvalue weighted by Crippen LogP contribution is -2.35. The molecule has 0 fully saturated rings. The molecule has 5 nitrogen and oxygen atoms in total. The molecule has 2 aromatic rings. The molecule has 1 amide bonds. The smallest absolute Gasteiger partial charge is 0.239 e. The second-order valence-corrected chi connectivity index (χ2v) is 6.17. The van der Waals surface area contributed by atoms with E-state index in [1.54, 1.807) is 0 Å². The predicted octanol–water partition coefficient (Wildman–Crippen LogP) is 2.74. The zero-order valence-electron chi connectivity index (χ0n) is 12.7. The minimum atomic E-state index is -0.00111. The third kappa shape index (κ3) is 4.96. The maximum absolute atomic E-state index is 11.7. The number of benzene rings is 1. The third-order valence-corrected chi connectivity index (χ3v) is 4.13. The first-order valence-electron chi connectivity index (χ1n) is 7.13. The predicted molar refractivity (Wildman–Crippen MR) is 90.7 cm³/mol. The van der Waals surface area contributed by atoms with Crippen LogP contribution in [-0.4, -0.2) is 35.4 Å². The van der Waals surface area contributed by atoms with Crippen molar-refractivity contribution in [3.05, 3.63) is 40.7 Å². The maximum Gasteiger partial charge on any atom is 0.239 e. The number of nitrogens with one attached hydrogen (secondary N) is 1. The van der Waals surface area contributed by atoms with Gasteiger partial charge in [0.1, 0.15) is 5.82 Å². The van der Waals surface area contributed by atoms with E-state index >= 15 is 0 Å². The highest BCUT2D eigenvalue weighted by atomic mass is 35.5. The molecule has 0 radical (unpaired) electrons. The summed E-state index contributed by atoms with van der Waals surface area (Å²) >= 11 is 7.18. The molecule has 1 N–H and O–H groups in total. The first-order valence-corrected chi connectivity index (χ1v) is 8.28. The summed E-state index contributed by atoms with van der Waals surface area (Å²) in [5, 5.41) is 4.31. The van der Waals surface area contributed by atoms with E-state index in [0.29, 0.717) is 18.0 Å².